The molecule has 72 valence electrons. The van der Waals surface area contributed by atoms with Crippen molar-refractivity contribution in [1.29, 1.82) is 0 Å². The Bertz CT molecular complexity index is 308. The Morgan fingerprint density at radius 3 is 2.54 bits per heavy atom. The third kappa shape index (κ3) is 2.53. The molecule has 0 aromatic carbocycles. The minimum absolute atomic E-state index is 0.0882. The molecule has 0 amide bonds. The van der Waals surface area contributed by atoms with Gasteiger partial charge in [0.1, 0.15) is 0 Å². The van der Waals surface area contributed by atoms with Gasteiger partial charge < -0.3 is 0 Å². The largest absolute Gasteiger partial charge is 0.300 e. The van der Waals surface area contributed by atoms with E-state index in [1.165, 1.54) is 11.3 Å². The van der Waals surface area contributed by atoms with Gasteiger partial charge in [-0.2, -0.15) is 0 Å². The van der Waals surface area contributed by atoms with Crippen LogP contribution in [0.1, 0.15) is 16.6 Å². The van der Waals surface area contributed by atoms with Crippen LogP contribution in [-0.2, 0) is 0 Å². The Kier molecular flexibility index (Phi) is 3.47. The van der Waals surface area contributed by atoms with E-state index >= 15 is 0 Å². The van der Waals surface area contributed by atoms with Gasteiger partial charge in [0.15, 0.2) is 5.78 Å². The second kappa shape index (κ2) is 4.22. The zero-order valence-corrected chi connectivity index (χ0v) is 9.45. The molecule has 1 atom stereocenters. The number of carbonyl (C=O) groups is 1. The van der Waals surface area contributed by atoms with Crippen LogP contribution in [0, 0.1) is 0 Å². The average Bonchev–Trinajstić information content (AvgIpc) is 2.49. The molecule has 0 saturated carbocycles. The Morgan fingerprint density at radius 1 is 1.54 bits per heavy atom. The number of ketones is 1. The number of carbonyl (C=O) groups excluding carboxylic acids is 1. The summed E-state index contributed by atoms with van der Waals surface area (Å²) in [6.07, 6.45) is 0. The number of halogens is 1. The van der Waals surface area contributed by atoms with Crippen molar-refractivity contribution in [2.24, 2.45) is 0 Å². The second-order valence-electron chi connectivity index (χ2n) is 3.11. The number of rotatable bonds is 3. The number of nitrogens with zero attached hydrogens (tertiary/aromatic N) is 1. The molecule has 0 N–H and O–H groups in total. The monoisotopic (exact) mass is 217 g/mol. The predicted octanol–water partition coefficient (Wildman–Crippen LogP) is 2.53. The molecule has 0 saturated heterocycles. The quantitative estimate of drug-likeness (QED) is 0.726. The maximum atomic E-state index is 11.7. The molecule has 4 heteroatoms. The topological polar surface area (TPSA) is 20.3 Å². The molecule has 2 nitrogen and oxygen atoms in total. The Hall–Kier alpha value is -0.380. The Balaban J connectivity index is 2.79. The normalized spacial score (nSPS) is 13.3. The van der Waals surface area contributed by atoms with Crippen LogP contribution >= 0.6 is 22.9 Å². The third-order valence-electron chi connectivity index (χ3n) is 1.97. The summed E-state index contributed by atoms with van der Waals surface area (Å²) in [7, 11) is 3.77. The first-order valence-electron chi connectivity index (χ1n) is 3.98. The number of hydrogen-bond donors (Lipinski definition) is 0. The summed E-state index contributed by atoms with van der Waals surface area (Å²) in [6, 6.07) is 3.44. The van der Waals surface area contributed by atoms with Gasteiger partial charge in [-0.15, -0.1) is 11.3 Å². The van der Waals surface area contributed by atoms with Crippen LogP contribution < -0.4 is 0 Å². The molecule has 1 unspecified atom stereocenters. The summed E-state index contributed by atoms with van der Waals surface area (Å²) in [5, 5.41) is 0. The van der Waals surface area contributed by atoms with Gasteiger partial charge in [-0.3, -0.25) is 9.69 Å². The van der Waals surface area contributed by atoms with E-state index < -0.39 is 0 Å². The number of thiophene rings is 1. The van der Waals surface area contributed by atoms with Crippen LogP contribution in [0.15, 0.2) is 12.1 Å². The highest BCUT2D eigenvalue weighted by Gasteiger charge is 2.18. The third-order valence-corrected chi connectivity index (χ3v) is 3.22. The molecule has 0 aliphatic heterocycles. The van der Waals surface area contributed by atoms with E-state index in [-0.39, 0.29) is 11.8 Å². The van der Waals surface area contributed by atoms with E-state index in [1.54, 1.807) is 12.1 Å². The van der Waals surface area contributed by atoms with Crippen LogP contribution in [0.25, 0.3) is 0 Å². The van der Waals surface area contributed by atoms with E-state index in [4.69, 9.17) is 11.6 Å². The van der Waals surface area contributed by atoms with Gasteiger partial charge in [-0.25, -0.2) is 0 Å². The maximum absolute atomic E-state index is 11.7. The number of hydrogen-bond acceptors (Lipinski definition) is 3. The van der Waals surface area contributed by atoms with Crippen molar-refractivity contribution in [2.75, 3.05) is 14.1 Å². The summed E-state index contributed by atoms with van der Waals surface area (Å²) >= 11 is 7.07. The molecule has 0 radical (unpaired) electrons. The van der Waals surface area contributed by atoms with E-state index in [0.29, 0.717) is 4.34 Å². The van der Waals surface area contributed by atoms with Crippen molar-refractivity contribution < 1.29 is 4.79 Å². The minimum Gasteiger partial charge on any atom is -0.300 e. The standard InChI is InChI=1S/C9H12ClNOS/c1-6(11(2)3)9(12)7-4-5-8(10)13-7/h4-6H,1-3H3. The number of Topliss-reactive ketones (excluding diaryl/α,β-unsaturated/α-hetero) is 1. The van der Waals surface area contributed by atoms with Crippen molar-refractivity contribution in [1.82, 2.24) is 4.90 Å². The average molecular weight is 218 g/mol. The fourth-order valence-corrected chi connectivity index (χ4v) is 1.95. The molecule has 1 rings (SSSR count). The summed E-state index contributed by atoms with van der Waals surface area (Å²) in [5.41, 5.74) is 0. The highest BCUT2D eigenvalue weighted by Crippen LogP contribution is 2.23. The van der Waals surface area contributed by atoms with Gasteiger partial charge in [0.2, 0.25) is 0 Å². The van der Waals surface area contributed by atoms with Crippen molar-refractivity contribution in [3.8, 4) is 0 Å². The van der Waals surface area contributed by atoms with Gasteiger partial charge in [0.05, 0.1) is 15.3 Å². The van der Waals surface area contributed by atoms with Gasteiger partial charge >= 0.3 is 0 Å². The molecular formula is C9H12ClNOS. The first-order valence-corrected chi connectivity index (χ1v) is 5.18. The Morgan fingerprint density at radius 2 is 2.15 bits per heavy atom. The lowest BCUT2D eigenvalue weighted by molar-refractivity contribution is 0.0895. The predicted molar refractivity (Wildman–Crippen MR) is 56.8 cm³/mol. The molecule has 0 fully saturated rings. The summed E-state index contributed by atoms with van der Waals surface area (Å²) in [6.45, 7) is 1.88. The van der Waals surface area contributed by atoms with Crippen LogP contribution in [0.3, 0.4) is 0 Å². The minimum atomic E-state index is -0.0882. The van der Waals surface area contributed by atoms with Gasteiger partial charge in [-0.1, -0.05) is 11.6 Å². The van der Waals surface area contributed by atoms with Gasteiger partial charge in [0, 0.05) is 0 Å². The molecule has 1 aromatic rings. The van der Waals surface area contributed by atoms with Crippen LogP contribution in [-0.4, -0.2) is 30.8 Å². The number of likely N-dealkylation sites (N-methyl/N-ethyl adjacent to an activating group) is 1. The molecule has 0 aliphatic carbocycles. The highest BCUT2D eigenvalue weighted by molar-refractivity contribution is 7.18. The van der Waals surface area contributed by atoms with Crippen LogP contribution in [0.5, 0.6) is 0 Å². The lowest BCUT2D eigenvalue weighted by atomic mass is 10.2. The lowest BCUT2D eigenvalue weighted by Crippen LogP contribution is -2.32. The second-order valence-corrected chi connectivity index (χ2v) is 4.82. The van der Waals surface area contributed by atoms with E-state index in [9.17, 15) is 4.79 Å². The molecular weight excluding hydrogens is 206 g/mol. The zero-order chi connectivity index (χ0) is 10.0. The van der Waals surface area contributed by atoms with Crippen molar-refractivity contribution in [2.45, 2.75) is 13.0 Å². The van der Waals surface area contributed by atoms with E-state index in [1.807, 2.05) is 25.9 Å². The smallest absolute Gasteiger partial charge is 0.189 e. The van der Waals surface area contributed by atoms with E-state index in [0.717, 1.165) is 4.88 Å². The van der Waals surface area contributed by atoms with Gasteiger partial charge in [-0.05, 0) is 33.2 Å². The first-order chi connectivity index (χ1) is 6.02. The summed E-state index contributed by atoms with van der Waals surface area (Å²) in [5.74, 6) is 0.127. The molecule has 0 bridgehead atoms. The van der Waals surface area contributed by atoms with Crippen molar-refractivity contribution in [3.05, 3.63) is 21.3 Å². The lowest BCUT2D eigenvalue weighted by Gasteiger charge is -2.17. The Labute approximate surface area is 87.1 Å². The first kappa shape index (κ1) is 10.7. The van der Waals surface area contributed by atoms with Crippen molar-refractivity contribution >= 4 is 28.7 Å². The fraction of sp³-hybridized carbons (Fsp3) is 0.444. The van der Waals surface area contributed by atoms with Crippen LogP contribution in [0.2, 0.25) is 4.34 Å². The summed E-state index contributed by atoms with van der Waals surface area (Å²) < 4.78 is 0.661. The maximum Gasteiger partial charge on any atom is 0.189 e. The van der Waals surface area contributed by atoms with E-state index in [2.05, 4.69) is 0 Å². The zero-order valence-electron chi connectivity index (χ0n) is 7.87. The molecule has 0 aliphatic rings. The molecule has 13 heavy (non-hydrogen) atoms. The molecule has 0 spiro atoms. The van der Waals surface area contributed by atoms with Crippen LogP contribution in [0.4, 0.5) is 0 Å². The SMILES string of the molecule is CC(C(=O)c1ccc(Cl)s1)N(C)C. The highest BCUT2D eigenvalue weighted by atomic mass is 35.5. The summed E-state index contributed by atoms with van der Waals surface area (Å²) in [4.78, 5) is 14.3. The molecule has 1 aromatic heterocycles. The fourth-order valence-electron chi connectivity index (χ4n) is 0.887. The van der Waals surface area contributed by atoms with Gasteiger partial charge in [0.25, 0.3) is 0 Å². The molecule has 1 heterocycles. The van der Waals surface area contributed by atoms with Crippen molar-refractivity contribution in [3.63, 3.8) is 0 Å².